The molecule has 0 aliphatic heterocycles. The maximum absolute atomic E-state index is 12.2. The smallest absolute Gasteiger partial charge is 0.355 e. The van der Waals surface area contributed by atoms with E-state index in [0.29, 0.717) is 22.5 Å². The van der Waals surface area contributed by atoms with Crippen LogP contribution in [0.4, 0.5) is 5.69 Å². The normalized spacial score (nSPS) is 11.9. The van der Waals surface area contributed by atoms with Crippen LogP contribution >= 0.6 is 0 Å². The molecule has 0 fully saturated rings. The highest BCUT2D eigenvalue weighted by molar-refractivity contribution is 5.95. The van der Waals surface area contributed by atoms with Crippen molar-refractivity contribution in [3.63, 3.8) is 0 Å². The molecule has 2 rings (SSSR count). The van der Waals surface area contributed by atoms with Crippen LogP contribution in [0.5, 0.6) is 0 Å². The van der Waals surface area contributed by atoms with Gasteiger partial charge in [0.25, 0.3) is 5.91 Å². The number of ether oxygens (including phenoxy) is 1. The average molecular weight is 344 g/mol. The first-order valence-electron chi connectivity index (χ1n) is 8.11. The minimum absolute atomic E-state index is 0.257. The van der Waals surface area contributed by atoms with Crippen molar-refractivity contribution in [3.05, 3.63) is 51.8 Å². The van der Waals surface area contributed by atoms with Gasteiger partial charge in [-0.25, -0.2) is 4.79 Å². The molecule has 0 radical (unpaired) electrons. The Morgan fingerprint density at radius 2 is 1.76 bits per heavy atom. The molecular weight excluding hydrogens is 320 g/mol. The van der Waals surface area contributed by atoms with Gasteiger partial charge in [0.05, 0.1) is 6.10 Å². The molecule has 0 saturated heterocycles. The highest BCUT2D eigenvalue weighted by atomic mass is 16.5. The largest absolute Gasteiger partial charge is 0.451 e. The number of benzene rings is 1. The number of carbonyl (C=O) groups is 2. The lowest BCUT2D eigenvalue weighted by Gasteiger charge is -2.08. The van der Waals surface area contributed by atoms with E-state index < -0.39 is 18.0 Å². The van der Waals surface area contributed by atoms with Crippen LogP contribution in [0.3, 0.4) is 0 Å². The molecule has 0 spiro atoms. The number of nitrogens with one attached hydrogen (secondary N) is 2. The summed E-state index contributed by atoms with van der Waals surface area (Å²) in [6.45, 7) is 8.65. The number of hydrogen-bond donors (Lipinski definition) is 3. The number of H-pyrrole nitrogens is 1. The van der Waals surface area contributed by atoms with E-state index in [1.807, 2.05) is 32.0 Å². The van der Waals surface area contributed by atoms with Gasteiger partial charge in [0.15, 0.2) is 6.61 Å². The van der Waals surface area contributed by atoms with Gasteiger partial charge < -0.3 is 20.1 Å². The molecular formula is C19H24N2O4. The van der Waals surface area contributed by atoms with Gasteiger partial charge in [0.1, 0.15) is 5.69 Å². The van der Waals surface area contributed by atoms with Gasteiger partial charge in [0.2, 0.25) is 0 Å². The fourth-order valence-electron chi connectivity index (χ4n) is 3.04. The summed E-state index contributed by atoms with van der Waals surface area (Å²) >= 11 is 0. The van der Waals surface area contributed by atoms with Gasteiger partial charge in [-0.05, 0) is 63.4 Å². The van der Waals surface area contributed by atoms with E-state index in [4.69, 9.17) is 4.74 Å². The topological polar surface area (TPSA) is 91.4 Å². The summed E-state index contributed by atoms with van der Waals surface area (Å²) in [6, 6.07) is 5.70. The lowest BCUT2D eigenvalue weighted by atomic mass is 10.1. The predicted molar refractivity (Wildman–Crippen MR) is 95.7 cm³/mol. The van der Waals surface area contributed by atoms with Crippen molar-refractivity contribution in [3.8, 4) is 0 Å². The number of hydrogen-bond acceptors (Lipinski definition) is 4. The second-order valence-corrected chi connectivity index (χ2v) is 6.34. The van der Waals surface area contributed by atoms with Crippen molar-refractivity contribution >= 4 is 17.6 Å². The molecule has 3 N–H and O–H groups in total. The van der Waals surface area contributed by atoms with Crippen LogP contribution < -0.4 is 5.32 Å². The Hall–Kier alpha value is -2.60. The predicted octanol–water partition coefficient (Wildman–Crippen LogP) is 3.10. The molecule has 25 heavy (non-hydrogen) atoms. The number of aliphatic hydroxyl groups excluding tert-OH is 1. The quantitative estimate of drug-likeness (QED) is 0.727. The van der Waals surface area contributed by atoms with Gasteiger partial charge in [-0.2, -0.15) is 0 Å². The van der Waals surface area contributed by atoms with E-state index >= 15 is 0 Å². The Kier molecular flexibility index (Phi) is 5.64. The first-order valence-corrected chi connectivity index (χ1v) is 8.11. The molecule has 1 heterocycles. The molecule has 0 aliphatic rings. The Bertz CT molecular complexity index is 786. The number of aromatic nitrogens is 1. The Balaban J connectivity index is 2.00. The Morgan fingerprint density at radius 3 is 2.28 bits per heavy atom. The van der Waals surface area contributed by atoms with Gasteiger partial charge in [-0.15, -0.1) is 0 Å². The van der Waals surface area contributed by atoms with Gasteiger partial charge in [-0.3, -0.25) is 4.79 Å². The number of amides is 1. The van der Waals surface area contributed by atoms with Crippen molar-refractivity contribution in [2.75, 3.05) is 11.9 Å². The highest BCUT2D eigenvalue weighted by Crippen LogP contribution is 2.24. The number of anilines is 1. The van der Waals surface area contributed by atoms with Crippen LogP contribution in [0.2, 0.25) is 0 Å². The number of carbonyl (C=O) groups excluding carboxylic acids is 2. The summed E-state index contributed by atoms with van der Waals surface area (Å²) in [4.78, 5) is 27.1. The monoisotopic (exact) mass is 344 g/mol. The molecule has 6 heteroatoms. The van der Waals surface area contributed by atoms with Gasteiger partial charge in [-0.1, -0.05) is 6.07 Å². The van der Waals surface area contributed by atoms with Crippen molar-refractivity contribution in [1.29, 1.82) is 0 Å². The molecule has 1 aromatic heterocycles. The van der Waals surface area contributed by atoms with E-state index in [-0.39, 0.29) is 12.3 Å². The molecule has 2 aromatic rings. The van der Waals surface area contributed by atoms with Crippen LogP contribution in [-0.2, 0) is 9.53 Å². The summed E-state index contributed by atoms with van der Waals surface area (Å²) in [5.41, 5.74) is 5.01. The molecule has 1 amide bonds. The second-order valence-electron chi connectivity index (χ2n) is 6.34. The van der Waals surface area contributed by atoms with Gasteiger partial charge >= 0.3 is 5.97 Å². The molecule has 1 aromatic carbocycles. The SMILES string of the molecule is Cc1cc(C)cc(NC(=O)COC(=O)c2[nH]c(C)c([C@H](C)O)c2C)c1. The lowest BCUT2D eigenvalue weighted by molar-refractivity contribution is -0.119. The van der Waals surface area contributed by atoms with Crippen molar-refractivity contribution in [1.82, 2.24) is 4.98 Å². The maximum Gasteiger partial charge on any atom is 0.355 e. The summed E-state index contributed by atoms with van der Waals surface area (Å²) in [6.07, 6.45) is -0.689. The van der Waals surface area contributed by atoms with Crippen LogP contribution in [0.1, 0.15) is 51.5 Å². The van der Waals surface area contributed by atoms with Crippen LogP contribution in [0, 0.1) is 27.7 Å². The van der Waals surface area contributed by atoms with E-state index in [1.54, 1.807) is 20.8 Å². The zero-order valence-corrected chi connectivity index (χ0v) is 15.2. The molecule has 1 atom stereocenters. The van der Waals surface area contributed by atoms with E-state index in [1.165, 1.54) is 0 Å². The summed E-state index contributed by atoms with van der Waals surface area (Å²) in [5, 5.41) is 12.5. The average Bonchev–Trinajstić information content (AvgIpc) is 2.78. The molecule has 6 nitrogen and oxygen atoms in total. The standard InChI is InChI=1S/C19H24N2O4/c1-10-6-11(2)8-15(7-10)21-16(23)9-25-19(24)18-12(3)17(14(5)22)13(4)20-18/h6-8,14,20,22H,9H2,1-5H3,(H,21,23)/t14-/m0/s1. The molecule has 134 valence electrons. The first kappa shape index (κ1) is 18.7. The fourth-order valence-corrected chi connectivity index (χ4v) is 3.04. The number of aliphatic hydroxyl groups is 1. The van der Waals surface area contributed by atoms with E-state index in [9.17, 15) is 14.7 Å². The zero-order chi connectivity index (χ0) is 18.7. The van der Waals surface area contributed by atoms with Crippen molar-refractivity contribution in [2.45, 2.75) is 40.7 Å². The molecule has 0 unspecified atom stereocenters. The summed E-state index contributed by atoms with van der Waals surface area (Å²) in [7, 11) is 0. The van der Waals surface area contributed by atoms with Crippen LogP contribution in [-0.4, -0.2) is 28.6 Å². The molecule has 0 saturated carbocycles. The summed E-state index contributed by atoms with van der Waals surface area (Å²) in [5.74, 6) is -1.03. The van der Waals surface area contributed by atoms with Crippen LogP contribution in [0.25, 0.3) is 0 Å². The van der Waals surface area contributed by atoms with E-state index in [0.717, 1.165) is 11.1 Å². The summed E-state index contributed by atoms with van der Waals surface area (Å²) < 4.78 is 5.09. The lowest BCUT2D eigenvalue weighted by Crippen LogP contribution is -2.21. The maximum atomic E-state index is 12.2. The third-order valence-electron chi connectivity index (χ3n) is 3.96. The van der Waals surface area contributed by atoms with Gasteiger partial charge in [0, 0.05) is 16.9 Å². The molecule has 0 aliphatic carbocycles. The van der Waals surface area contributed by atoms with Crippen LogP contribution in [0.15, 0.2) is 18.2 Å². The highest BCUT2D eigenvalue weighted by Gasteiger charge is 2.21. The first-order chi connectivity index (χ1) is 11.7. The zero-order valence-electron chi connectivity index (χ0n) is 15.2. The third kappa shape index (κ3) is 4.48. The van der Waals surface area contributed by atoms with E-state index in [2.05, 4.69) is 10.3 Å². The molecule has 0 bridgehead atoms. The van der Waals surface area contributed by atoms with Crippen molar-refractivity contribution < 1.29 is 19.4 Å². The van der Waals surface area contributed by atoms with Crippen molar-refractivity contribution in [2.24, 2.45) is 0 Å². The number of aromatic amines is 1. The number of rotatable bonds is 5. The minimum atomic E-state index is -0.689. The number of esters is 1. The third-order valence-corrected chi connectivity index (χ3v) is 3.96. The second kappa shape index (κ2) is 7.53. The minimum Gasteiger partial charge on any atom is -0.451 e. The Labute approximate surface area is 147 Å². The Morgan fingerprint density at radius 1 is 1.16 bits per heavy atom. The fraction of sp³-hybridized carbons (Fsp3) is 0.368. The number of aryl methyl sites for hydroxylation is 3.